The summed E-state index contributed by atoms with van der Waals surface area (Å²) >= 11 is 2.19. The fraction of sp³-hybridized carbons (Fsp3) is 0.214. The van der Waals surface area contributed by atoms with E-state index < -0.39 is 46.9 Å². The number of ether oxygens (including phenoxy) is 1. The molecule has 3 atom stereocenters. The number of amides is 2. The molecule has 2 heterocycles. The minimum absolute atomic E-state index is 0.0770. The van der Waals surface area contributed by atoms with Gasteiger partial charge in [0.15, 0.2) is 0 Å². The molecule has 2 aliphatic heterocycles. The smallest absolute Gasteiger partial charge is 0.237 e. The number of carbonyl (C=O) groups excluding carboxylic acids is 4. The van der Waals surface area contributed by atoms with Gasteiger partial charge in [-0.1, -0.05) is 66.2 Å². The minimum atomic E-state index is -2.03. The summed E-state index contributed by atoms with van der Waals surface area (Å²) in [6, 6.07) is 21.5. The van der Waals surface area contributed by atoms with Crippen LogP contribution in [-0.2, 0) is 20.9 Å². The number of hydrogen-bond acceptors (Lipinski definition) is 5. The summed E-state index contributed by atoms with van der Waals surface area (Å²) in [5.41, 5.74) is 0.914. The van der Waals surface area contributed by atoms with Crippen LogP contribution in [0.4, 0.5) is 0 Å². The van der Waals surface area contributed by atoms with Gasteiger partial charge >= 0.3 is 0 Å². The summed E-state index contributed by atoms with van der Waals surface area (Å²) < 4.78 is 7.33. The molecule has 35 heavy (non-hydrogen) atoms. The molecule has 3 aliphatic rings. The zero-order chi connectivity index (χ0) is 24.5. The number of ketones is 2. The minimum Gasteiger partial charge on any atom is -0.349 e. The Morgan fingerprint density at radius 3 is 2.03 bits per heavy atom. The Kier molecular flexibility index (Phi) is 5.05. The van der Waals surface area contributed by atoms with E-state index in [1.54, 1.807) is 24.3 Å². The maximum absolute atomic E-state index is 13.8. The third-order valence-electron chi connectivity index (χ3n) is 7.27. The Labute approximate surface area is 215 Å². The summed E-state index contributed by atoms with van der Waals surface area (Å²) in [6.45, 7) is 2.02. The molecule has 6 rings (SSSR count). The van der Waals surface area contributed by atoms with Crippen LogP contribution in [-0.4, -0.2) is 33.9 Å². The summed E-state index contributed by atoms with van der Waals surface area (Å²) in [4.78, 5) is 56.2. The van der Waals surface area contributed by atoms with Crippen molar-refractivity contribution in [3.63, 3.8) is 0 Å². The normalized spacial score (nSPS) is 24.4. The largest absolute Gasteiger partial charge is 0.349 e. The van der Waals surface area contributed by atoms with Gasteiger partial charge in [-0.2, -0.15) is 0 Å². The zero-order valence-electron chi connectivity index (χ0n) is 18.7. The molecule has 6 nitrogen and oxygen atoms in total. The second-order valence-electron chi connectivity index (χ2n) is 9.28. The average molecular weight is 577 g/mol. The van der Waals surface area contributed by atoms with Gasteiger partial charge in [0.1, 0.15) is 0 Å². The van der Waals surface area contributed by atoms with Gasteiger partial charge in [-0.25, -0.2) is 0 Å². The third-order valence-corrected chi connectivity index (χ3v) is 7.99. The zero-order valence-corrected chi connectivity index (χ0v) is 20.9. The molecule has 1 spiro atoms. The molecule has 0 N–H and O–H groups in total. The van der Waals surface area contributed by atoms with Gasteiger partial charge in [0.25, 0.3) is 0 Å². The number of imide groups is 1. The van der Waals surface area contributed by atoms with Crippen molar-refractivity contribution >= 4 is 46.0 Å². The van der Waals surface area contributed by atoms with Gasteiger partial charge in [-0.3, -0.25) is 24.1 Å². The Morgan fingerprint density at radius 2 is 1.43 bits per heavy atom. The van der Waals surface area contributed by atoms with Crippen molar-refractivity contribution < 1.29 is 23.9 Å². The Bertz CT molecular complexity index is 1380. The van der Waals surface area contributed by atoms with Gasteiger partial charge in [0.2, 0.25) is 29.0 Å². The fourth-order valence-electron chi connectivity index (χ4n) is 5.56. The van der Waals surface area contributed by atoms with Gasteiger partial charge < -0.3 is 4.74 Å². The summed E-state index contributed by atoms with van der Waals surface area (Å²) in [5, 5.41) is 0. The summed E-state index contributed by atoms with van der Waals surface area (Å²) in [5.74, 6) is -4.21. The van der Waals surface area contributed by atoms with E-state index in [9.17, 15) is 19.2 Å². The lowest BCUT2D eigenvalue weighted by molar-refractivity contribution is -0.145. The highest BCUT2D eigenvalue weighted by Crippen LogP contribution is 2.57. The molecule has 3 unspecified atom stereocenters. The van der Waals surface area contributed by atoms with Crippen molar-refractivity contribution in [2.75, 3.05) is 0 Å². The average Bonchev–Trinajstić information content (AvgIpc) is 3.42. The number of aryl methyl sites for hydroxylation is 1. The number of carbonyl (C=O) groups is 4. The molecule has 0 aromatic heterocycles. The standard InChI is InChI=1S/C28H20INO5/c1-15-6-10-17(11-7-15)23-21-22(27(34)30(26(21)33)14-16-8-12-18(29)13-9-16)28(35-23)24(31)19-4-2-3-5-20(19)25(28)32/h2-13,21-23H,14H2,1H3. The molecule has 3 aromatic carbocycles. The van der Waals surface area contributed by atoms with Crippen molar-refractivity contribution in [3.05, 3.63) is 104 Å². The maximum atomic E-state index is 13.8. The number of nitrogens with zero attached hydrogens (tertiary/aromatic N) is 1. The fourth-order valence-corrected chi connectivity index (χ4v) is 5.92. The number of hydrogen-bond donors (Lipinski definition) is 0. The maximum Gasteiger partial charge on any atom is 0.237 e. The lowest BCUT2D eigenvalue weighted by Gasteiger charge is -2.27. The second kappa shape index (κ2) is 7.93. The first kappa shape index (κ1) is 22.3. The van der Waals surface area contributed by atoms with Crippen LogP contribution in [0.2, 0.25) is 0 Å². The van der Waals surface area contributed by atoms with Crippen LogP contribution in [0.25, 0.3) is 0 Å². The van der Waals surface area contributed by atoms with Crippen molar-refractivity contribution in [3.8, 4) is 0 Å². The lowest BCUT2D eigenvalue weighted by atomic mass is 9.77. The molecule has 0 saturated carbocycles. The van der Waals surface area contributed by atoms with Crippen LogP contribution in [0.15, 0.2) is 72.8 Å². The monoisotopic (exact) mass is 577 g/mol. The van der Waals surface area contributed by atoms with Crippen LogP contribution in [0.1, 0.15) is 43.5 Å². The van der Waals surface area contributed by atoms with Gasteiger partial charge in [-0.15, -0.1) is 0 Å². The number of halogens is 1. The van der Waals surface area contributed by atoms with Crippen LogP contribution >= 0.6 is 22.6 Å². The van der Waals surface area contributed by atoms with E-state index in [2.05, 4.69) is 22.6 Å². The van der Waals surface area contributed by atoms with Crippen molar-refractivity contribution in [1.82, 2.24) is 4.90 Å². The predicted molar refractivity (Wildman–Crippen MR) is 135 cm³/mol. The second-order valence-corrected chi connectivity index (χ2v) is 10.5. The van der Waals surface area contributed by atoms with E-state index in [1.807, 2.05) is 55.5 Å². The number of fused-ring (bicyclic) bond motifs is 3. The van der Waals surface area contributed by atoms with E-state index >= 15 is 0 Å². The highest BCUT2D eigenvalue weighted by molar-refractivity contribution is 14.1. The number of likely N-dealkylation sites (tertiary alicyclic amines) is 1. The third kappa shape index (κ3) is 3.11. The summed E-state index contributed by atoms with van der Waals surface area (Å²) in [7, 11) is 0. The van der Waals surface area contributed by atoms with Crippen LogP contribution in [0.5, 0.6) is 0 Å². The number of rotatable bonds is 3. The first-order valence-electron chi connectivity index (χ1n) is 11.4. The molecule has 7 heteroatoms. The van der Waals surface area contributed by atoms with Crippen molar-refractivity contribution in [1.29, 1.82) is 0 Å². The van der Waals surface area contributed by atoms with Crippen molar-refractivity contribution in [2.45, 2.75) is 25.2 Å². The van der Waals surface area contributed by atoms with Crippen LogP contribution < -0.4 is 0 Å². The van der Waals surface area contributed by atoms with E-state index in [0.29, 0.717) is 5.56 Å². The molecule has 0 radical (unpaired) electrons. The Morgan fingerprint density at radius 1 is 0.829 bits per heavy atom. The van der Waals surface area contributed by atoms with Gasteiger partial charge in [0.05, 0.1) is 24.5 Å². The molecular formula is C28H20INO5. The predicted octanol–water partition coefficient (Wildman–Crippen LogP) is 4.29. The topological polar surface area (TPSA) is 80.8 Å². The van der Waals surface area contributed by atoms with E-state index in [0.717, 1.165) is 14.7 Å². The molecule has 1 aliphatic carbocycles. The molecule has 2 fully saturated rings. The van der Waals surface area contributed by atoms with E-state index in [1.165, 1.54) is 4.90 Å². The lowest BCUT2D eigenvalue weighted by Crippen LogP contribution is -2.50. The molecule has 0 bridgehead atoms. The van der Waals surface area contributed by atoms with Crippen LogP contribution in [0, 0.1) is 22.3 Å². The Hall–Kier alpha value is -3.17. The quantitative estimate of drug-likeness (QED) is 0.264. The van der Waals surface area contributed by atoms with Crippen molar-refractivity contribution in [2.24, 2.45) is 11.8 Å². The SMILES string of the molecule is Cc1ccc(C2OC3(C(=O)c4ccccc4C3=O)C3C(=O)N(Cc4ccc(I)cc4)C(=O)C23)cc1. The first-order chi connectivity index (χ1) is 16.8. The molecule has 2 saturated heterocycles. The van der Waals surface area contributed by atoms with E-state index in [4.69, 9.17) is 4.74 Å². The van der Waals surface area contributed by atoms with E-state index in [-0.39, 0.29) is 17.7 Å². The first-order valence-corrected chi connectivity index (χ1v) is 12.4. The van der Waals surface area contributed by atoms with Gasteiger partial charge in [0, 0.05) is 14.7 Å². The van der Waals surface area contributed by atoms with Crippen LogP contribution in [0.3, 0.4) is 0 Å². The highest BCUT2D eigenvalue weighted by atomic mass is 127. The van der Waals surface area contributed by atoms with Gasteiger partial charge in [-0.05, 0) is 52.8 Å². The molecule has 174 valence electrons. The number of Topliss-reactive ketones (excluding diaryl/α,β-unsaturated/α-hetero) is 2. The summed E-state index contributed by atoms with van der Waals surface area (Å²) in [6.07, 6.45) is -0.888. The Balaban J connectivity index is 1.48. The molecule has 2 amide bonds. The number of benzene rings is 3. The molecular weight excluding hydrogens is 557 g/mol. The highest BCUT2D eigenvalue weighted by Gasteiger charge is 2.74. The molecule has 3 aromatic rings.